The summed E-state index contributed by atoms with van der Waals surface area (Å²) in [5.74, 6) is -0.234. The smallest absolute Gasteiger partial charge is 0.260 e. The van der Waals surface area contributed by atoms with Crippen LogP contribution in [0.4, 0.5) is 0 Å². The average Bonchev–Trinajstić information content (AvgIpc) is 2.45. The van der Waals surface area contributed by atoms with Crippen molar-refractivity contribution in [3.05, 3.63) is 34.2 Å². The maximum absolute atomic E-state index is 12.2. The molecule has 6 nitrogen and oxygen atoms in total. The van der Waals surface area contributed by atoms with E-state index in [4.69, 9.17) is 9.84 Å². The van der Waals surface area contributed by atoms with Gasteiger partial charge in [-0.3, -0.25) is 9.59 Å². The quantitative estimate of drug-likeness (QED) is 0.803. The molecule has 1 aliphatic heterocycles. The Bertz CT molecular complexity index is 478. The highest BCUT2D eigenvalue weighted by molar-refractivity contribution is 5.93. The summed E-state index contributed by atoms with van der Waals surface area (Å²) in [5, 5.41) is 8.69. The maximum Gasteiger partial charge on any atom is 0.260 e. The zero-order chi connectivity index (χ0) is 13.7. The minimum Gasteiger partial charge on any atom is -0.394 e. The molecule has 1 aromatic rings. The van der Waals surface area contributed by atoms with Crippen molar-refractivity contribution in [1.82, 2.24) is 9.88 Å². The number of H-pyrrole nitrogens is 1. The fourth-order valence-corrected chi connectivity index (χ4v) is 2.21. The third-order valence-corrected chi connectivity index (χ3v) is 3.22. The second-order valence-corrected chi connectivity index (χ2v) is 4.50. The molecule has 0 bridgehead atoms. The molecule has 1 aromatic heterocycles. The van der Waals surface area contributed by atoms with Gasteiger partial charge in [-0.15, -0.1) is 0 Å². The molecule has 0 aromatic carbocycles. The zero-order valence-electron chi connectivity index (χ0n) is 10.7. The van der Waals surface area contributed by atoms with Crippen molar-refractivity contribution in [2.45, 2.75) is 18.9 Å². The fraction of sp³-hybridized carbons (Fsp3) is 0.538. The lowest BCUT2D eigenvalue weighted by Crippen LogP contribution is -2.42. The first kappa shape index (κ1) is 13.8. The summed E-state index contributed by atoms with van der Waals surface area (Å²) in [4.78, 5) is 27.9. The van der Waals surface area contributed by atoms with Crippen LogP contribution >= 0.6 is 0 Å². The molecule has 2 rings (SSSR count). The van der Waals surface area contributed by atoms with Gasteiger partial charge in [-0.1, -0.05) is 0 Å². The molecule has 0 saturated carbocycles. The summed E-state index contributed by atoms with van der Waals surface area (Å²) in [6, 6.07) is 3.18. The van der Waals surface area contributed by atoms with Gasteiger partial charge in [0.15, 0.2) is 0 Å². The van der Waals surface area contributed by atoms with E-state index in [0.29, 0.717) is 19.7 Å². The molecule has 1 amide bonds. The van der Waals surface area contributed by atoms with Gasteiger partial charge in [-0.2, -0.15) is 0 Å². The van der Waals surface area contributed by atoms with Gasteiger partial charge in [0.1, 0.15) is 5.56 Å². The first-order chi connectivity index (χ1) is 9.22. The predicted molar refractivity (Wildman–Crippen MR) is 69.0 cm³/mol. The van der Waals surface area contributed by atoms with E-state index < -0.39 is 0 Å². The third kappa shape index (κ3) is 3.42. The lowest BCUT2D eigenvalue weighted by atomic mass is 10.1. The van der Waals surface area contributed by atoms with Crippen LogP contribution in [-0.4, -0.2) is 53.3 Å². The van der Waals surface area contributed by atoms with Crippen molar-refractivity contribution in [1.29, 1.82) is 0 Å². The molecule has 2 heterocycles. The number of amides is 1. The number of rotatable bonds is 4. The number of aliphatic hydroxyl groups excluding tert-OH is 1. The molecular formula is C13H18N2O4. The van der Waals surface area contributed by atoms with Crippen molar-refractivity contribution >= 4 is 5.91 Å². The van der Waals surface area contributed by atoms with Gasteiger partial charge in [0.05, 0.1) is 19.3 Å². The molecule has 1 saturated heterocycles. The summed E-state index contributed by atoms with van der Waals surface area (Å²) in [6.45, 7) is 1.49. The van der Waals surface area contributed by atoms with Crippen LogP contribution in [0.2, 0.25) is 0 Å². The lowest BCUT2D eigenvalue weighted by Gasteiger charge is -2.31. The minimum absolute atomic E-state index is 0.0124. The van der Waals surface area contributed by atoms with Gasteiger partial charge in [-0.05, 0) is 25.0 Å². The molecular weight excluding hydrogens is 248 g/mol. The monoisotopic (exact) mass is 266 g/mol. The van der Waals surface area contributed by atoms with Crippen LogP contribution in [0.15, 0.2) is 23.1 Å². The van der Waals surface area contributed by atoms with Gasteiger partial charge in [-0.25, -0.2) is 0 Å². The largest absolute Gasteiger partial charge is 0.394 e. The Morgan fingerprint density at radius 2 is 2.21 bits per heavy atom. The SMILES string of the molecule is O=C(c1ccc[nH]c1=O)N1CCC(OCCO)CC1. The molecule has 1 fully saturated rings. The number of ether oxygens (including phenoxy) is 1. The number of piperidine rings is 1. The van der Waals surface area contributed by atoms with Crippen molar-refractivity contribution in [2.24, 2.45) is 0 Å². The van der Waals surface area contributed by atoms with Crippen molar-refractivity contribution < 1.29 is 14.6 Å². The maximum atomic E-state index is 12.2. The third-order valence-electron chi connectivity index (χ3n) is 3.22. The van der Waals surface area contributed by atoms with Crippen molar-refractivity contribution in [3.8, 4) is 0 Å². The molecule has 104 valence electrons. The summed E-state index contributed by atoms with van der Waals surface area (Å²) in [5.41, 5.74) is -0.177. The molecule has 19 heavy (non-hydrogen) atoms. The van der Waals surface area contributed by atoms with Gasteiger partial charge >= 0.3 is 0 Å². The second kappa shape index (κ2) is 6.49. The molecule has 0 radical (unpaired) electrons. The van der Waals surface area contributed by atoms with E-state index in [1.54, 1.807) is 11.0 Å². The van der Waals surface area contributed by atoms with E-state index in [1.807, 2.05) is 0 Å². The van der Waals surface area contributed by atoms with Crippen LogP contribution in [0.5, 0.6) is 0 Å². The number of pyridine rings is 1. The Balaban J connectivity index is 1.93. The van der Waals surface area contributed by atoms with Gasteiger partial charge in [0.25, 0.3) is 11.5 Å². The second-order valence-electron chi connectivity index (χ2n) is 4.50. The fourth-order valence-electron chi connectivity index (χ4n) is 2.21. The van der Waals surface area contributed by atoms with Crippen LogP contribution in [0.25, 0.3) is 0 Å². The number of carbonyl (C=O) groups excluding carboxylic acids is 1. The molecule has 2 N–H and O–H groups in total. The Hall–Kier alpha value is -1.66. The van der Waals surface area contributed by atoms with Crippen molar-refractivity contribution in [2.75, 3.05) is 26.3 Å². The van der Waals surface area contributed by atoms with Crippen LogP contribution < -0.4 is 5.56 Å². The van der Waals surface area contributed by atoms with Gasteiger partial charge < -0.3 is 19.7 Å². The van der Waals surface area contributed by atoms with E-state index in [2.05, 4.69) is 4.98 Å². The standard InChI is InChI=1S/C13H18N2O4/c16-8-9-19-10-3-6-15(7-4-10)13(18)11-2-1-5-14-12(11)17/h1-2,5,10,16H,3-4,6-9H2,(H,14,17). The highest BCUT2D eigenvalue weighted by Gasteiger charge is 2.25. The molecule has 0 spiro atoms. The van der Waals surface area contributed by atoms with Gasteiger partial charge in [0, 0.05) is 19.3 Å². The van der Waals surface area contributed by atoms with Crippen LogP contribution in [0.1, 0.15) is 23.2 Å². The number of aromatic nitrogens is 1. The van der Waals surface area contributed by atoms with Crippen LogP contribution in [-0.2, 0) is 4.74 Å². The number of aromatic amines is 1. The Kier molecular flexibility index (Phi) is 4.70. The number of hydrogen-bond acceptors (Lipinski definition) is 4. The van der Waals surface area contributed by atoms with Crippen LogP contribution in [0.3, 0.4) is 0 Å². The summed E-state index contributed by atoms with van der Waals surface area (Å²) < 4.78 is 5.43. The number of carbonyl (C=O) groups is 1. The van der Waals surface area contributed by atoms with Crippen LogP contribution in [0, 0.1) is 0 Å². The molecule has 0 unspecified atom stereocenters. The average molecular weight is 266 g/mol. The number of nitrogens with zero attached hydrogens (tertiary/aromatic N) is 1. The Labute approximate surface area is 111 Å². The number of hydrogen-bond donors (Lipinski definition) is 2. The van der Waals surface area contributed by atoms with E-state index in [0.717, 1.165) is 12.8 Å². The topological polar surface area (TPSA) is 82.6 Å². The highest BCUT2D eigenvalue weighted by Crippen LogP contribution is 2.15. The number of nitrogens with one attached hydrogen (secondary N) is 1. The minimum atomic E-state index is -0.355. The highest BCUT2D eigenvalue weighted by atomic mass is 16.5. The Morgan fingerprint density at radius 3 is 2.84 bits per heavy atom. The van der Waals surface area contributed by atoms with E-state index in [1.165, 1.54) is 12.3 Å². The van der Waals surface area contributed by atoms with Gasteiger partial charge in [0.2, 0.25) is 0 Å². The normalized spacial score (nSPS) is 16.6. The first-order valence-corrected chi connectivity index (χ1v) is 6.42. The lowest BCUT2D eigenvalue weighted by molar-refractivity contribution is -0.00557. The summed E-state index contributed by atoms with van der Waals surface area (Å²) in [6.07, 6.45) is 3.06. The summed E-state index contributed by atoms with van der Waals surface area (Å²) >= 11 is 0. The van der Waals surface area contributed by atoms with E-state index >= 15 is 0 Å². The van der Waals surface area contributed by atoms with Crippen molar-refractivity contribution in [3.63, 3.8) is 0 Å². The molecule has 0 aliphatic carbocycles. The number of likely N-dealkylation sites (tertiary alicyclic amines) is 1. The summed E-state index contributed by atoms with van der Waals surface area (Å²) in [7, 11) is 0. The number of aliphatic hydroxyl groups is 1. The molecule has 1 aliphatic rings. The Morgan fingerprint density at radius 1 is 1.47 bits per heavy atom. The van der Waals surface area contributed by atoms with E-state index in [9.17, 15) is 9.59 Å². The predicted octanol–water partition coefficient (Wildman–Crippen LogP) is -0.0116. The zero-order valence-corrected chi connectivity index (χ0v) is 10.7. The molecule has 6 heteroatoms. The first-order valence-electron chi connectivity index (χ1n) is 6.42. The van der Waals surface area contributed by atoms with E-state index in [-0.39, 0.29) is 29.7 Å². The molecule has 0 atom stereocenters.